The molecule has 3 heteroatoms. The second-order valence-electron chi connectivity index (χ2n) is 5.68. The molecule has 4 rings (SSSR count). The van der Waals surface area contributed by atoms with E-state index < -0.39 is 0 Å². The van der Waals surface area contributed by atoms with Crippen molar-refractivity contribution in [3.63, 3.8) is 0 Å². The van der Waals surface area contributed by atoms with Gasteiger partial charge in [0, 0.05) is 42.2 Å². The second-order valence-corrected chi connectivity index (χ2v) is 5.68. The van der Waals surface area contributed by atoms with Gasteiger partial charge in [-0.05, 0) is 18.2 Å². The molecule has 0 saturated carbocycles. The molecule has 0 fully saturated rings. The predicted molar refractivity (Wildman–Crippen MR) is 82.3 cm³/mol. The van der Waals surface area contributed by atoms with E-state index in [0.29, 0.717) is 12.3 Å². The molecular formula is C18H17NO2. The van der Waals surface area contributed by atoms with Crippen LogP contribution in [0.3, 0.4) is 0 Å². The molecule has 3 nitrogen and oxygen atoms in total. The van der Waals surface area contributed by atoms with Crippen LogP contribution in [-0.2, 0) is 0 Å². The molecule has 1 unspecified atom stereocenters. The molecule has 21 heavy (non-hydrogen) atoms. The monoisotopic (exact) mass is 279 g/mol. The molecule has 0 bridgehead atoms. The number of hydrogen-bond donors (Lipinski definition) is 0. The topological polar surface area (TPSA) is 29.5 Å². The Labute approximate surface area is 124 Å². The van der Waals surface area contributed by atoms with Gasteiger partial charge >= 0.3 is 0 Å². The lowest BCUT2D eigenvalue weighted by molar-refractivity contribution is 0.0979. The van der Waals surface area contributed by atoms with Crippen LogP contribution in [0.25, 0.3) is 0 Å². The Kier molecular flexibility index (Phi) is 2.92. The van der Waals surface area contributed by atoms with E-state index in [0.717, 1.165) is 36.7 Å². The summed E-state index contributed by atoms with van der Waals surface area (Å²) in [6.45, 7) is 2.43. The van der Waals surface area contributed by atoms with Crippen molar-refractivity contribution in [1.29, 1.82) is 0 Å². The van der Waals surface area contributed by atoms with Gasteiger partial charge in [0.2, 0.25) is 0 Å². The lowest BCUT2D eigenvalue weighted by atomic mass is 9.96. The summed E-state index contributed by atoms with van der Waals surface area (Å²) in [6.07, 6.45) is 0.603. The van der Waals surface area contributed by atoms with Crippen LogP contribution in [-0.4, -0.2) is 25.5 Å². The van der Waals surface area contributed by atoms with Gasteiger partial charge in [0.05, 0.1) is 6.61 Å². The zero-order valence-corrected chi connectivity index (χ0v) is 11.8. The van der Waals surface area contributed by atoms with Gasteiger partial charge in [0.15, 0.2) is 5.78 Å². The van der Waals surface area contributed by atoms with Gasteiger partial charge in [-0.15, -0.1) is 0 Å². The van der Waals surface area contributed by atoms with Gasteiger partial charge in [0.1, 0.15) is 5.75 Å². The van der Waals surface area contributed by atoms with Gasteiger partial charge in [0.25, 0.3) is 0 Å². The fraction of sp³-hybridized carbons (Fsp3) is 0.278. The first kappa shape index (κ1) is 12.5. The van der Waals surface area contributed by atoms with E-state index >= 15 is 0 Å². The Balaban J connectivity index is 1.62. The molecule has 0 aromatic heterocycles. The molecule has 0 aliphatic carbocycles. The van der Waals surface area contributed by atoms with E-state index in [1.54, 1.807) is 0 Å². The molecule has 0 saturated heterocycles. The number of anilines is 1. The third-order valence-electron chi connectivity index (χ3n) is 4.39. The van der Waals surface area contributed by atoms with E-state index in [1.807, 2.05) is 36.4 Å². The zero-order chi connectivity index (χ0) is 14.2. The third kappa shape index (κ3) is 2.09. The van der Waals surface area contributed by atoms with Crippen molar-refractivity contribution in [2.75, 3.05) is 24.6 Å². The number of para-hydroxylation sites is 2. The van der Waals surface area contributed by atoms with Crippen LogP contribution in [0.4, 0.5) is 5.69 Å². The molecule has 0 amide bonds. The molecule has 2 aromatic carbocycles. The molecular weight excluding hydrogens is 262 g/mol. The molecule has 2 heterocycles. The number of rotatable bonds is 2. The number of carbonyl (C=O) groups excluding carboxylic acids is 1. The van der Waals surface area contributed by atoms with Crippen molar-refractivity contribution in [3.8, 4) is 5.75 Å². The van der Waals surface area contributed by atoms with Crippen molar-refractivity contribution in [3.05, 3.63) is 59.7 Å². The van der Waals surface area contributed by atoms with Gasteiger partial charge in [-0.2, -0.15) is 0 Å². The predicted octanol–water partition coefficient (Wildman–Crippen LogP) is 3.26. The SMILES string of the molecule is O=C1CCN(CC2COc3ccccc32)c2ccccc21. The van der Waals surface area contributed by atoms with Crippen LogP contribution in [0.5, 0.6) is 5.75 Å². The third-order valence-corrected chi connectivity index (χ3v) is 4.39. The van der Waals surface area contributed by atoms with Gasteiger partial charge in [-0.1, -0.05) is 30.3 Å². The van der Waals surface area contributed by atoms with Crippen molar-refractivity contribution < 1.29 is 9.53 Å². The fourth-order valence-electron chi connectivity index (χ4n) is 3.31. The average Bonchev–Trinajstić information content (AvgIpc) is 2.94. The van der Waals surface area contributed by atoms with Crippen molar-refractivity contribution in [1.82, 2.24) is 0 Å². The first-order valence-electron chi connectivity index (χ1n) is 7.42. The zero-order valence-electron chi connectivity index (χ0n) is 11.8. The fourth-order valence-corrected chi connectivity index (χ4v) is 3.31. The molecule has 106 valence electrons. The standard InChI is InChI=1S/C18H17NO2/c20-17-9-10-19(16-7-3-1-6-15(16)17)11-13-12-21-18-8-4-2-5-14(13)18/h1-8,13H,9-12H2. The summed E-state index contributed by atoms with van der Waals surface area (Å²) in [6, 6.07) is 16.2. The molecule has 2 aliphatic heterocycles. The highest BCUT2D eigenvalue weighted by molar-refractivity contribution is 6.03. The maximum atomic E-state index is 12.0. The highest BCUT2D eigenvalue weighted by Gasteiger charge is 2.29. The van der Waals surface area contributed by atoms with E-state index in [4.69, 9.17) is 4.74 Å². The highest BCUT2D eigenvalue weighted by Crippen LogP contribution is 2.36. The lowest BCUT2D eigenvalue weighted by Crippen LogP contribution is -2.35. The Bertz CT molecular complexity index is 695. The first-order chi connectivity index (χ1) is 10.3. The second kappa shape index (κ2) is 4.92. The molecule has 0 spiro atoms. The van der Waals surface area contributed by atoms with Crippen LogP contribution in [0, 0.1) is 0 Å². The average molecular weight is 279 g/mol. The minimum atomic E-state index is 0.255. The number of hydrogen-bond acceptors (Lipinski definition) is 3. The van der Waals surface area contributed by atoms with E-state index in [2.05, 4.69) is 17.0 Å². The molecule has 0 radical (unpaired) electrons. The summed E-state index contributed by atoms with van der Waals surface area (Å²) in [5, 5.41) is 0. The van der Waals surface area contributed by atoms with Crippen LogP contribution >= 0.6 is 0 Å². The quantitative estimate of drug-likeness (QED) is 0.845. The number of Topliss-reactive ketones (excluding diaryl/α,β-unsaturated/α-hetero) is 1. The van der Waals surface area contributed by atoms with Crippen molar-refractivity contribution in [2.45, 2.75) is 12.3 Å². The largest absolute Gasteiger partial charge is 0.493 e. The molecule has 1 atom stereocenters. The number of ketones is 1. The van der Waals surface area contributed by atoms with Crippen molar-refractivity contribution in [2.24, 2.45) is 0 Å². The molecule has 2 aromatic rings. The molecule has 0 N–H and O–H groups in total. The Morgan fingerprint density at radius 3 is 2.86 bits per heavy atom. The first-order valence-corrected chi connectivity index (χ1v) is 7.42. The van der Waals surface area contributed by atoms with Gasteiger partial charge in [-0.25, -0.2) is 0 Å². The minimum Gasteiger partial charge on any atom is -0.493 e. The summed E-state index contributed by atoms with van der Waals surface area (Å²) in [4.78, 5) is 14.3. The van der Waals surface area contributed by atoms with Gasteiger partial charge < -0.3 is 9.64 Å². The highest BCUT2D eigenvalue weighted by atomic mass is 16.5. The smallest absolute Gasteiger partial charge is 0.166 e. The number of carbonyl (C=O) groups is 1. The van der Waals surface area contributed by atoms with Crippen LogP contribution in [0.15, 0.2) is 48.5 Å². The summed E-state index contributed by atoms with van der Waals surface area (Å²) >= 11 is 0. The van der Waals surface area contributed by atoms with Crippen LogP contribution in [0.2, 0.25) is 0 Å². The normalized spacial score (nSPS) is 19.9. The lowest BCUT2D eigenvalue weighted by Gasteiger charge is -2.32. The van der Waals surface area contributed by atoms with Gasteiger partial charge in [-0.3, -0.25) is 4.79 Å². The number of ether oxygens (including phenoxy) is 1. The summed E-state index contributed by atoms with van der Waals surface area (Å²) < 4.78 is 5.77. The number of nitrogens with zero attached hydrogens (tertiary/aromatic N) is 1. The Morgan fingerprint density at radius 1 is 1.10 bits per heavy atom. The summed E-state index contributed by atoms with van der Waals surface area (Å²) in [5.74, 6) is 1.64. The number of fused-ring (bicyclic) bond motifs is 2. The minimum absolute atomic E-state index is 0.255. The number of benzene rings is 2. The van der Waals surface area contributed by atoms with Crippen LogP contribution < -0.4 is 9.64 Å². The van der Waals surface area contributed by atoms with E-state index in [1.165, 1.54) is 5.56 Å². The van der Waals surface area contributed by atoms with E-state index in [-0.39, 0.29) is 5.78 Å². The maximum Gasteiger partial charge on any atom is 0.166 e. The Hall–Kier alpha value is -2.29. The summed E-state index contributed by atoms with van der Waals surface area (Å²) in [5.41, 5.74) is 3.21. The Morgan fingerprint density at radius 2 is 1.90 bits per heavy atom. The van der Waals surface area contributed by atoms with E-state index in [9.17, 15) is 4.79 Å². The van der Waals surface area contributed by atoms with Crippen LogP contribution in [0.1, 0.15) is 28.3 Å². The summed E-state index contributed by atoms with van der Waals surface area (Å²) in [7, 11) is 0. The van der Waals surface area contributed by atoms with Crippen molar-refractivity contribution >= 4 is 11.5 Å². The molecule has 2 aliphatic rings. The maximum absolute atomic E-state index is 12.0.